The summed E-state index contributed by atoms with van der Waals surface area (Å²) < 4.78 is 5.46. The van der Waals surface area contributed by atoms with E-state index in [9.17, 15) is 5.11 Å². The van der Waals surface area contributed by atoms with Gasteiger partial charge in [0.2, 0.25) is 0 Å². The second-order valence-corrected chi connectivity index (χ2v) is 6.08. The number of aliphatic hydroxyl groups excluding tert-OH is 1. The maximum Gasteiger partial charge on any atom is 0.0900 e. The largest absolute Gasteiger partial charge is 0.389 e. The lowest BCUT2D eigenvalue weighted by molar-refractivity contribution is 0.00573. The second-order valence-electron chi connectivity index (χ2n) is 6.08. The highest BCUT2D eigenvalue weighted by atomic mass is 16.5. The van der Waals surface area contributed by atoms with Gasteiger partial charge in [-0.25, -0.2) is 0 Å². The Bertz CT molecular complexity index is 216. The monoisotopic (exact) mass is 272 g/mol. The predicted molar refractivity (Wildman–Crippen MR) is 79.5 cm³/mol. The smallest absolute Gasteiger partial charge is 0.0900 e. The molecule has 1 aliphatic heterocycles. The van der Waals surface area contributed by atoms with E-state index in [0.29, 0.717) is 6.61 Å². The molecule has 0 radical (unpaired) electrons. The van der Waals surface area contributed by atoms with E-state index in [0.717, 1.165) is 58.1 Å². The normalized spacial score (nSPS) is 20.1. The number of rotatable bonds is 9. The highest BCUT2D eigenvalue weighted by molar-refractivity contribution is 4.74. The van der Waals surface area contributed by atoms with E-state index in [1.165, 1.54) is 6.54 Å². The maximum atomic E-state index is 9.93. The van der Waals surface area contributed by atoms with Crippen LogP contribution in [-0.2, 0) is 4.74 Å². The molecule has 0 amide bonds. The van der Waals surface area contributed by atoms with Gasteiger partial charge in [-0.05, 0) is 12.3 Å². The number of ether oxygens (including phenoxy) is 1. The molecule has 0 spiro atoms. The summed E-state index contributed by atoms with van der Waals surface area (Å²) in [7, 11) is 0. The number of hydrogen-bond acceptors (Lipinski definition) is 4. The molecule has 0 aromatic carbocycles. The standard InChI is InChI=1S/C15H32N2O2/c1-4-5-10-19-13-15(18)12-17-8-6-16(7-9-17)11-14(2)3/h14-15,18H,4-13H2,1-3H3. The van der Waals surface area contributed by atoms with Crippen molar-refractivity contribution in [2.75, 3.05) is 52.5 Å². The van der Waals surface area contributed by atoms with Crippen LogP contribution < -0.4 is 0 Å². The van der Waals surface area contributed by atoms with E-state index in [-0.39, 0.29) is 6.10 Å². The van der Waals surface area contributed by atoms with Gasteiger partial charge in [0.1, 0.15) is 0 Å². The zero-order valence-electron chi connectivity index (χ0n) is 13.0. The molecule has 19 heavy (non-hydrogen) atoms. The second kappa shape index (κ2) is 9.70. The molecule has 1 N–H and O–H groups in total. The average Bonchev–Trinajstić information content (AvgIpc) is 2.36. The summed E-state index contributed by atoms with van der Waals surface area (Å²) in [5.41, 5.74) is 0. The molecule has 0 aromatic rings. The molecule has 1 aliphatic rings. The van der Waals surface area contributed by atoms with Crippen molar-refractivity contribution >= 4 is 0 Å². The van der Waals surface area contributed by atoms with Gasteiger partial charge in [-0.1, -0.05) is 27.2 Å². The van der Waals surface area contributed by atoms with Gasteiger partial charge in [0.05, 0.1) is 12.7 Å². The number of unbranched alkanes of at least 4 members (excludes halogenated alkanes) is 1. The zero-order valence-corrected chi connectivity index (χ0v) is 13.0. The summed E-state index contributed by atoms with van der Waals surface area (Å²) in [6.07, 6.45) is 1.89. The number of piperazine rings is 1. The van der Waals surface area contributed by atoms with Crippen LogP contribution >= 0.6 is 0 Å². The number of hydrogen-bond donors (Lipinski definition) is 1. The molecule has 1 saturated heterocycles. The SMILES string of the molecule is CCCCOCC(O)CN1CCN(CC(C)C)CC1. The summed E-state index contributed by atoms with van der Waals surface area (Å²) in [6, 6.07) is 0. The first kappa shape index (κ1) is 16.9. The molecule has 0 saturated carbocycles. The van der Waals surface area contributed by atoms with E-state index in [4.69, 9.17) is 4.74 Å². The van der Waals surface area contributed by atoms with Gasteiger partial charge in [-0.2, -0.15) is 0 Å². The van der Waals surface area contributed by atoms with Crippen molar-refractivity contribution in [3.8, 4) is 0 Å². The molecule has 1 unspecified atom stereocenters. The first-order valence-electron chi connectivity index (χ1n) is 7.82. The molecule has 0 aliphatic carbocycles. The Morgan fingerprint density at radius 2 is 1.63 bits per heavy atom. The summed E-state index contributed by atoms with van der Waals surface area (Å²) >= 11 is 0. The Labute approximate surface area is 118 Å². The lowest BCUT2D eigenvalue weighted by atomic mass is 10.2. The van der Waals surface area contributed by atoms with Gasteiger partial charge in [0.25, 0.3) is 0 Å². The minimum Gasteiger partial charge on any atom is -0.389 e. The van der Waals surface area contributed by atoms with Crippen LogP contribution in [0.1, 0.15) is 33.6 Å². The van der Waals surface area contributed by atoms with Crippen LogP contribution in [0.2, 0.25) is 0 Å². The van der Waals surface area contributed by atoms with Crippen LogP contribution in [0, 0.1) is 5.92 Å². The zero-order chi connectivity index (χ0) is 14.1. The van der Waals surface area contributed by atoms with Crippen LogP contribution in [0.5, 0.6) is 0 Å². The van der Waals surface area contributed by atoms with Crippen LogP contribution in [-0.4, -0.2) is 73.5 Å². The Kier molecular flexibility index (Phi) is 8.62. The Morgan fingerprint density at radius 1 is 1.05 bits per heavy atom. The topological polar surface area (TPSA) is 35.9 Å². The molecule has 1 rings (SSSR count). The van der Waals surface area contributed by atoms with Crippen LogP contribution in [0.15, 0.2) is 0 Å². The summed E-state index contributed by atoms with van der Waals surface area (Å²) in [5, 5.41) is 9.93. The van der Waals surface area contributed by atoms with Crippen LogP contribution in [0.4, 0.5) is 0 Å². The lowest BCUT2D eigenvalue weighted by Crippen LogP contribution is -2.49. The number of aliphatic hydroxyl groups is 1. The molecule has 1 atom stereocenters. The summed E-state index contributed by atoms with van der Waals surface area (Å²) in [4.78, 5) is 4.87. The third-order valence-electron chi connectivity index (χ3n) is 3.51. The van der Waals surface area contributed by atoms with E-state index in [2.05, 4.69) is 30.6 Å². The maximum absolute atomic E-state index is 9.93. The predicted octanol–water partition coefficient (Wildman–Crippen LogP) is 1.44. The Hall–Kier alpha value is -0.160. The lowest BCUT2D eigenvalue weighted by Gasteiger charge is -2.36. The molecule has 114 valence electrons. The van der Waals surface area contributed by atoms with E-state index in [1.54, 1.807) is 0 Å². The van der Waals surface area contributed by atoms with Gasteiger partial charge >= 0.3 is 0 Å². The van der Waals surface area contributed by atoms with Crippen molar-refractivity contribution < 1.29 is 9.84 Å². The Balaban J connectivity index is 2.07. The average molecular weight is 272 g/mol. The molecule has 4 heteroatoms. The van der Waals surface area contributed by atoms with Crippen molar-refractivity contribution in [2.24, 2.45) is 5.92 Å². The van der Waals surface area contributed by atoms with Crippen molar-refractivity contribution in [1.29, 1.82) is 0 Å². The molecular weight excluding hydrogens is 240 g/mol. The third kappa shape index (κ3) is 7.88. The van der Waals surface area contributed by atoms with Crippen molar-refractivity contribution in [3.63, 3.8) is 0 Å². The first-order valence-corrected chi connectivity index (χ1v) is 7.82. The van der Waals surface area contributed by atoms with Crippen molar-refractivity contribution in [1.82, 2.24) is 9.80 Å². The molecule has 0 aromatic heterocycles. The van der Waals surface area contributed by atoms with Gasteiger partial charge in [0, 0.05) is 45.9 Å². The van der Waals surface area contributed by atoms with Crippen molar-refractivity contribution in [3.05, 3.63) is 0 Å². The van der Waals surface area contributed by atoms with Crippen LogP contribution in [0.25, 0.3) is 0 Å². The summed E-state index contributed by atoms with van der Waals surface area (Å²) in [5.74, 6) is 0.740. The van der Waals surface area contributed by atoms with E-state index in [1.807, 2.05) is 0 Å². The van der Waals surface area contributed by atoms with Gasteiger partial charge < -0.3 is 14.7 Å². The minimum atomic E-state index is -0.339. The molecule has 4 nitrogen and oxygen atoms in total. The molecule has 1 heterocycles. The fraction of sp³-hybridized carbons (Fsp3) is 1.00. The quantitative estimate of drug-likeness (QED) is 0.644. The number of β-amino-alcohol motifs (C(OH)–C–C–N with tert-alkyl or cyclic N) is 1. The minimum absolute atomic E-state index is 0.339. The fourth-order valence-corrected chi connectivity index (χ4v) is 2.49. The van der Waals surface area contributed by atoms with E-state index >= 15 is 0 Å². The summed E-state index contributed by atoms with van der Waals surface area (Å²) in [6.45, 7) is 14.3. The highest BCUT2D eigenvalue weighted by Gasteiger charge is 2.19. The van der Waals surface area contributed by atoms with E-state index < -0.39 is 0 Å². The third-order valence-corrected chi connectivity index (χ3v) is 3.51. The van der Waals surface area contributed by atoms with Gasteiger partial charge in [0.15, 0.2) is 0 Å². The Morgan fingerprint density at radius 3 is 2.16 bits per heavy atom. The van der Waals surface area contributed by atoms with Gasteiger partial charge in [-0.15, -0.1) is 0 Å². The molecular formula is C15H32N2O2. The molecule has 1 fully saturated rings. The van der Waals surface area contributed by atoms with Crippen LogP contribution in [0.3, 0.4) is 0 Å². The first-order chi connectivity index (χ1) is 9.11. The number of nitrogens with zero attached hydrogens (tertiary/aromatic N) is 2. The van der Waals surface area contributed by atoms with Crippen molar-refractivity contribution in [2.45, 2.75) is 39.7 Å². The fourth-order valence-electron chi connectivity index (χ4n) is 2.49. The highest BCUT2D eigenvalue weighted by Crippen LogP contribution is 2.06. The molecule has 0 bridgehead atoms. The van der Waals surface area contributed by atoms with Gasteiger partial charge in [-0.3, -0.25) is 4.90 Å².